The Morgan fingerprint density at radius 3 is 0.947 bits per heavy atom. The molecule has 2 aromatic carbocycles. The van der Waals surface area contributed by atoms with Gasteiger partial charge in [0.1, 0.15) is 0 Å². The van der Waals surface area contributed by atoms with E-state index in [0.29, 0.717) is 22.9 Å². The van der Waals surface area contributed by atoms with Gasteiger partial charge in [0.25, 0.3) is 0 Å². The van der Waals surface area contributed by atoms with Crippen LogP contribution in [0.3, 0.4) is 0 Å². The minimum Gasteiger partial charge on any atom is -0.211 e. The highest BCUT2D eigenvalue weighted by Crippen LogP contribution is 2.23. The molecule has 0 bridgehead atoms. The fourth-order valence-corrected chi connectivity index (χ4v) is 8.45. The first-order valence-corrected chi connectivity index (χ1v) is 17.0. The van der Waals surface area contributed by atoms with E-state index in [2.05, 4.69) is 9.44 Å². The third-order valence-corrected chi connectivity index (χ3v) is 10.5. The lowest BCUT2D eigenvalue weighted by Gasteiger charge is -2.13. The highest BCUT2D eigenvalue weighted by molar-refractivity contribution is 7.89. The zero-order chi connectivity index (χ0) is 28.3. The van der Waals surface area contributed by atoms with E-state index in [9.17, 15) is 16.8 Å². The van der Waals surface area contributed by atoms with Crippen LogP contribution < -0.4 is 9.44 Å². The summed E-state index contributed by atoms with van der Waals surface area (Å²) in [7, 11) is -6.94. The summed E-state index contributed by atoms with van der Waals surface area (Å²) < 4.78 is 56.3. The van der Waals surface area contributed by atoms with Crippen LogP contribution in [-0.4, -0.2) is 29.9 Å². The number of aryl methyl sites for hydroxylation is 6. The first-order valence-electron chi connectivity index (χ1n) is 14.0. The van der Waals surface area contributed by atoms with Gasteiger partial charge in [-0.3, -0.25) is 0 Å². The van der Waals surface area contributed by atoms with E-state index in [4.69, 9.17) is 0 Å². The smallest absolute Gasteiger partial charge is 0.211 e. The molecule has 0 aliphatic carbocycles. The molecule has 2 aromatic rings. The van der Waals surface area contributed by atoms with Crippen LogP contribution in [0.15, 0.2) is 34.1 Å². The summed E-state index contributed by atoms with van der Waals surface area (Å²) in [6.45, 7) is 12.3. The van der Waals surface area contributed by atoms with Gasteiger partial charge in [-0.25, -0.2) is 26.3 Å². The SMILES string of the molecule is Cc1cc(C)c(S(=O)(=O)NCCCCCCCCCCCCNS(=O)(=O)c2c(C)cc(C)cc2C)c(C)c1. The molecule has 0 fully saturated rings. The van der Waals surface area contributed by atoms with Crippen LogP contribution >= 0.6 is 0 Å². The Bertz CT molecular complexity index is 1120. The van der Waals surface area contributed by atoms with Crippen LogP contribution in [0.25, 0.3) is 0 Å². The molecule has 0 aliphatic heterocycles. The molecule has 0 spiro atoms. The highest BCUT2D eigenvalue weighted by atomic mass is 32.2. The van der Waals surface area contributed by atoms with Crippen molar-refractivity contribution < 1.29 is 16.8 Å². The van der Waals surface area contributed by atoms with Crippen molar-refractivity contribution in [2.45, 2.75) is 116 Å². The van der Waals surface area contributed by atoms with Crippen LogP contribution in [0.4, 0.5) is 0 Å². The number of unbranched alkanes of at least 4 members (excludes halogenated alkanes) is 9. The summed E-state index contributed by atoms with van der Waals surface area (Å²) in [5.74, 6) is 0. The minimum atomic E-state index is -3.47. The van der Waals surface area contributed by atoms with Crippen molar-refractivity contribution >= 4 is 20.0 Å². The molecule has 0 aliphatic rings. The summed E-state index contributed by atoms with van der Waals surface area (Å²) in [5.41, 5.74) is 5.33. The zero-order valence-electron chi connectivity index (χ0n) is 24.2. The lowest BCUT2D eigenvalue weighted by molar-refractivity contribution is 0.541. The molecule has 0 unspecified atom stereocenters. The average molecular weight is 565 g/mol. The van der Waals surface area contributed by atoms with Gasteiger partial charge in [-0.1, -0.05) is 86.8 Å². The Morgan fingerprint density at radius 1 is 0.447 bits per heavy atom. The van der Waals surface area contributed by atoms with Gasteiger partial charge in [0, 0.05) is 13.1 Å². The molecule has 6 nitrogen and oxygen atoms in total. The van der Waals surface area contributed by atoms with Crippen molar-refractivity contribution in [3.8, 4) is 0 Å². The molecule has 38 heavy (non-hydrogen) atoms. The fourth-order valence-electron chi connectivity index (χ4n) is 5.40. The number of rotatable bonds is 17. The zero-order valence-corrected chi connectivity index (χ0v) is 25.9. The van der Waals surface area contributed by atoms with Gasteiger partial charge >= 0.3 is 0 Å². The maximum Gasteiger partial charge on any atom is 0.241 e. The van der Waals surface area contributed by atoms with Crippen molar-refractivity contribution in [2.75, 3.05) is 13.1 Å². The predicted octanol–water partition coefficient (Wildman–Crippen LogP) is 6.69. The minimum absolute atomic E-state index is 0.414. The van der Waals surface area contributed by atoms with Crippen LogP contribution in [0.2, 0.25) is 0 Å². The van der Waals surface area contributed by atoms with Crippen molar-refractivity contribution in [3.63, 3.8) is 0 Å². The molecule has 2 N–H and O–H groups in total. The lowest BCUT2D eigenvalue weighted by atomic mass is 10.1. The van der Waals surface area contributed by atoms with Crippen LogP contribution in [0, 0.1) is 41.5 Å². The van der Waals surface area contributed by atoms with E-state index in [-0.39, 0.29) is 0 Å². The first-order chi connectivity index (χ1) is 17.8. The van der Waals surface area contributed by atoms with E-state index >= 15 is 0 Å². The Balaban J connectivity index is 1.51. The van der Waals surface area contributed by atoms with Crippen molar-refractivity contribution in [3.05, 3.63) is 57.6 Å². The molecule has 0 aromatic heterocycles. The number of hydrogen-bond donors (Lipinski definition) is 2. The second-order valence-corrected chi connectivity index (χ2v) is 14.2. The molecule has 2 rings (SSSR count). The molecule has 0 saturated carbocycles. The number of hydrogen-bond acceptors (Lipinski definition) is 4. The Hall–Kier alpha value is -1.74. The standard InChI is InChI=1S/C30H48N2O4S2/c1-23-19-25(3)29(26(4)20-23)37(33,34)31-17-15-13-11-9-7-8-10-12-14-16-18-32-38(35,36)30-27(5)21-24(2)22-28(30)6/h19-22,31-32H,7-18H2,1-6H3. The summed E-state index contributed by atoms with van der Waals surface area (Å²) in [4.78, 5) is 0.828. The number of nitrogens with one attached hydrogen (secondary N) is 2. The topological polar surface area (TPSA) is 92.3 Å². The monoisotopic (exact) mass is 564 g/mol. The molecule has 0 atom stereocenters. The van der Waals surface area contributed by atoms with E-state index in [1.165, 1.54) is 12.8 Å². The Kier molecular flexibility index (Phi) is 12.9. The molecule has 214 valence electrons. The summed E-state index contributed by atoms with van der Waals surface area (Å²) in [6.07, 6.45) is 10.7. The van der Waals surface area contributed by atoms with Crippen molar-refractivity contribution in [1.82, 2.24) is 9.44 Å². The molecular weight excluding hydrogens is 516 g/mol. The van der Waals surface area contributed by atoms with Gasteiger partial charge in [-0.05, 0) is 76.6 Å². The average Bonchev–Trinajstić information content (AvgIpc) is 2.77. The second kappa shape index (κ2) is 15.2. The van der Waals surface area contributed by atoms with Gasteiger partial charge in [0.2, 0.25) is 20.0 Å². The van der Waals surface area contributed by atoms with Crippen molar-refractivity contribution in [2.24, 2.45) is 0 Å². The lowest BCUT2D eigenvalue weighted by Crippen LogP contribution is -2.26. The van der Waals surface area contributed by atoms with Crippen LogP contribution in [0.1, 0.15) is 97.6 Å². The molecule has 0 radical (unpaired) electrons. The van der Waals surface area contributed by atoms with Gasteiger partial charge in [-0.2, -0.15) is 0 Å². The van der Waals surface area contributed by atoms with Crippen LogP contribution in [0.5, 0.6) is 0 Å². The van der Waals surface area contributed by atoms with Crippen LogP contribution in [-0.2, 0) is 20.0 Å². The molecular formula is C30H48N2O4S2. The van der Waals surface area contributed by atoms with Gasteiger partial charge in [-0.15, -0.1) is 0 Å². The molecule has 0 amide bonds. The quantitative estimate of drug-likeness (QED) is 0.209. The predicted molar refractivity (Wildman–Crippen MR) is 158 cm³/mol. The Labute approximate surface area is 232 Å². The maximum absolute atomic E-state index is 12.7. The molecule has 8 heteroatoms. The number of sulfonamides is 2. The molecule has 0 heterocycles. The van der Waals surface area contributed by atoms with E-state index < -0.39 is 20.0 Å². The third kappa shape index (κ3) is 10.1. The van der Waals surface area contributed by atoms with E-state index in [1.54, 1.807) is 0 Å². The number of benzene rings is 2. The van der Waals surface area contributed by atoms with Crippen molar-refractivity contribution in [1.29, 1.82) is 0 Å². The van der Waals surface area contributed by atoms with Gasteiger partial charge < -0.3 is 0 Å². The highest BCUT2D eigenvalue weighted by Gasteiger charge is 2.20. The van der Waals surface area contributed by atoms with E-state index in [0.717, 1.165) is 84.7 Å². The largest absolute Gasteiger partial charge is 0.241 e. The summed E-state index contributed by atoms with van der Waals surface area (Å²) in [6, 6.07) is 7.66. The van der Waals surface area contributed by atoms with E-state index in [1.807, 2.05) is 65.8 Å². The second-order valence-electron chi connectivity index (χ2n) is 10.8. The first kappa shape index (κ1) is 32.5. The maximum atomic E-state index is 12.7. The van der Waals surface area contributed by atoms with Gasteiger partial charge in [0.05, 0.1) is 9.79 Å². The molecule has 0 saturated heterocycles. The summed E-state index contributed by atoms with van der Waals surface area (Å²) in [5, 5.41) is 0. The Morgan fingerprint density at radius 2 is 0.684 bits per heavy atom. The third-order valence-electron chi connectivity index (χ3n) is 6.93. The van der Waals surface area contributed by atoms with Gasteiger partial charge in [0.15, 0.2) is 0 Å². The normalized spacial score (nSPS) is 12.3. The summed E-state index contributed by atoms with van der Waals surface area (Å²) >= 11 is 0. The fraction of sp³-hybridized carbons (Fsp3) is 0.600.